The van der Waals surface area contributed by atoms with Crippen LogP contribution in [0.15, 0.2) is 71.1 Å². The van der Waals surface area contributed by atoms with Crippen molar-refractivity contribution in [3.63, 3.8) is 0 Å². The van der Waals surface area contributed by atoms with E-state index in [0.29, 0.717) is 17.4 Å². The molecule has 1 aromatic heterocycles. The van der Waals surface area contributed by atoms with Gasteiger partial charge in [0.2, 0.25) is 5.89 Å². The summed E-state index contributed by atoms with van der Waals surface area (Å²) in [5.74, 6) is 1.94. The topological polar surface area (TPSA) is 44.5 Å². The van der Waals surface area contributed by atoms with Crippen LogP contribution in [0.5, 0.6) is 11.5 Å². The van der Waals surface area contributed by atoms with Gasteiger partial charge in [-0.05, 0) is 47.0 Å². The largest absolute Gasteiger partial charge is 0.493 e. The van der Waals surface area contributed by atoms with E-state index in [0.717, 1.165) is 27.8 Å². The highest BCUT2D eigenvalue weighted by Gasteiger charge is 2.06. The number of oxazole rings is 1. The van der Waals surface area contributed by atoms with Crippen LogP contribution in [-0.4, -0.2) is 19.2 Å². The summed E-state index contributed by atoms with van der Waals surface area (Å²) in [4.78, 5) is 4.58. The number of rotatable bonds is 5. The fourth-order valence-corrected chi connectivity index (χ4v) is 2.95. The Labute approximate surface area is 157 Å². The predicted octanol–water partition coefficient (Wildman–Crippen LogP) is 5.68. The summed E-state index contributed by atoms with van der Waals surface area (Å²) < 4.78 is 16.4. The van der Waals surface area contributed by atoms with Gasteiger partial charge in [0.15, 0.2) is 17.1 Å². The SMILES string of the molecule is COc1ccc(/C=C/c2nc3cc(-c4ccccc4)ccc3o2)cc1OC. The Balaban J connectivity index is 1.62. The summed E-state index contributed by atoms with van der Waals surface area (Å²) in [6.45, 7) is 0. The van der Waals surface area contributed by atoms with Gasteiger partial charge in [0.05, 0.1) is 14.2 Å². The zero-order valence-electron chi connectivity index (χ0n) is 15.2. The molecular formula is C23H19NO3. The van der Waals surface area contributed by atoms with Crippen molar-refractivity contribution >= 4 is 23.3 Å². The molecule has 4 rings (SSSR count). The molecule has 0 aliphatic carbocycles. The lowest BCUT2D eigenvalue weighted by molar-refractivity contribution is 0.355. The van der Waals surface area contributed by atoms with Crippen LogP contribution >= 0.6 is 0 Å². The van der Waals surface area contributed by atoms with Crippen molar-refractivity contribution in [3.05, 3.63) is 78.2 Å². The molecule has 0 atom stereocenters. The molecule has 0 aliphatic rings. The molecule has 0 spiro atoms. The fourth-order valence-electron chi connectivity index (χ4n) is 2.95. The average Bonchev–Trinajstić information content (AvgIpc) is 3.14. The zero-order chi connectivity index (χ0) is 18.6. The van der Waals surface area contributed by atoms with Gasteiger partial charge in [0, 0.05) is 6.08 Å². The smallest absolute Gasteiger partial charge is 0.220 e. The van der Waals surface area contributed by atoms with Crippen LogP contribution in [-0.2, 0) is 0 Å². The standard InChI is InChI=1S/C23H19NO3/c1-25-21-11-8-16(14-22(21)26-2)9-13-23-24-19-15-18(10-12-20(19)27-23)17-6-4-3-5-7-17/h3-15H,1-2H3/b13-9+. The molecule has 0 fully saturated rings. The highest BCUT2D eigenvalue weighted by atomic mass is 16.5. The second kappa shape index (κ2) is 7.38. The second-order valence-corrected chi connectivity index (χ2v) is 6.05. The molecule has 0 amide bonds. The van der Waals surface area contributed by atoms with Gasteiger partial charge in [-0.1, -0.05) is 42.5 Å². The van der Waals surface area contributed by atoms with Crippen molar-refractivity contribution in [2.24, 2.45) is 0 Å². The Morgan fingerprint density at radius 1 is 0.778 bits per heavy atom. The first-order valence-corrected chi connectivity index (χ1v) is 8.63. The van der Waals surface area contributed by atoms with Crippen LogP contribution in [0.25, 0.3) is 34.4 Å². The summed E-state index contributed by atoms with van der Waals surface area (Å²) in [5.41, 5.74) is 4.85. The van der Waals surface area contributed by atoms with Crippen LogP contribution in [0.2, 0.25) is 0 Å². The highest BCUT2D eigenvalue weighted by molar-refractivity contribution is 5.82. The third-order valence-electron chi connectivity index (χ3n) is 4.34. The van der Waals surface area contributed by atoms with Crippen LogP contribution in [0.4, 0.5) is 0 Å². The first-order chi connectivity index (χ1) is 13.3. The van der Waals surface area contributed by atoms with E-state index in [-0.39, 0.29) is 0 Å². The molecule has 1 heterocycles. The van der Waals surface area contributed by atoms with Gasteiger partial charge < -0.3 is 13.9 Å². The molecule has 4 nitrogen and oxygen atoms in total. The number of nitrogens with zero attached hydrogens (tertiary/aromatic N) is 1. The Morgan fingerprint density at radius 2 is 1.59 bits per heavy atom. The Morgan fingerprint density at radius 3 is 2.37 bits per heavy atom. The van der Waals surface area contributed by atoms with Gasteiger partial charge in [-0.25, -0.2) is 4.98 Å². The Hall–Kier alpha value is -3.53. The number of aromatic nitrogens is 1. The predicted molar refractivity (Wildman–Crippen MR) is 108 cm³/mol. The normalized spacial score (nSPS) is 11.2. The van der Waals surface area contributed by atoms with Crippen molar-refractivity contribution in [2.75, 3.05) is 14.2 Å². The van der Waals surface area contributed by atoms with E-state index in [1.165, 1.54) is 0 Å². The summed E-state index contributed by atoms with van der Waals surface area (Å²) >= 11 is 0. The van der Waals surface area contributed by atoms with E-state index in [1.54, 1.807) is 14.2 Å². The minimum Gasteiger partial charge on any atom is -0.493 e. The van der Waals surface area contributed by atoms with Crippen LogP contribution in [0.3, 0.4) is 0 Å². The molecular weight excluding hydrogens is 338 g/mol. The molecule has 0 saturated heterocycles. The minimum absolute atomic E-state index is 0.560. The number of methoxy groups -OCH3 is 2. The lowest BCUT2D eigenvalue weighted by Crippen LogP contribution is -1.90. The number of hydrogen-bond acceptors (Lipinski definition) is 4. The molecule has 4 aromatic rings. The molecule has 0 aliphatic heterocycles. The van der Waals surface area contributed by atoms with Gasteiger partial charge in [-0.2, -0.15) is 0 Å². The molecule has 27 heavy (non-hydrogen) atoms. The van der Waals surface area contributed by atoms with E-state index in [9.17, 15) is 0 Å². The highest BCUT2D eigenvalue weighted by Crippen LogP contribution is 2.29. The second-order valence-electron chi connectivity index (χ2n) is 6.05. The summed E-state index contributed by atoms with van der Waals surface area (Å²) in [6.07, 6.45) is 3.79. The number of hydrogen-bond donors (Lipinski definition) is 0. The van der Waals surface area contributed by atoms with E-state index < -0.39 is 0 Å². The first kappa shape index (κ1) is 16.9. The molecule has 0 unspecified atom stereocenters. The molecule has 134 valence electrons. The lowest BCUT2D eigenvalue weighted by atomic mass is 10.1. The quantitative estimate of drug-likeness (QED) is 0.461. The van der Waals surface area contributed by atoms with Gasteiger partial charge in [-0.3, -0.25) is 0 Å². The molecule has 0 N–H and O–H groups in total. The van der Waals surface area contributed by atoms with Gasteiger partial charge in [0.1, 0.15) is 5.52 Å². The van der Waals surface area contributed by atoms with E-state index in [4.69, 9.17) is 13.9 Å². The zero-order valence-corrected chi connectivity index (χ0v) is 15.2. The van der Waals surface area contributed by atoms with Gasteiger partial charge in [-0.15, -0.1) is 0 Å². The monoisotopic (exact) mass is 357 g/mol. The Bertz CT molecular complexity index is 1100. The van der Waals surface area contributed by atoms with Crippen molar-refractivity contribution in [1.82, 2.24) is 4.98 Å². The summed E-state index contributed by atoms with van der Waals surface area (Å²) in [6, 6.07) is 22.0. The van der Waals surface area contributed by atoms with Crippen LogP contribution < -0.4 is 9.47 Å². The molecule has 0 saturated carbocycles. The van der Waals surface area contributed by atoms with Crippen molar-refractivity contribution < 1.29 is 13.9 Å². The maximum Gasteiger partial charge on any atom is 0.220 e. The molecule has 0 radical (unpaired) electrons. The van der Waals surface area contributed by atoms with E-state index >= 15 is 0 Å². The first-order valence-electron chi connectivity index (χ1n) is 8.63. The summed E-state index contributed by atoms with van der Waals surface area (Å²) in [7, 11) is 3.24. The summed E-state index contributed by atoms with van der Waals surface area (Å²) in [5, 5.41) is 0. The maximum atomic E-state index is 5.83. The maximum absolute atomic E-state index is 5.83. The van der Waals surface area contributed by atoms with Gasteiger partial charge in [0.25, 0.3) is 0 Å². The lowest BCUT2D eigenvalue weighted by Gasteiger charge is -2.07. The van der Waals surface area contributed by atoms with Crippen molar-refractivity contribution in [1.29, 1.82) is 0 Å². The van der Waals surface area contributed by atoms with E-state index in [1.807, 2.05) is 66.7 Å². The molecule has 3 aromatic carbocycles. The number of ether oxygens (including phenoxy) is 2. The van der Waals surface area contributed by atoms with E-state index in [2.05, 4.69) is 17.1 Å². The fraction of sp³-hybridized carbons (Fsp3) is 0.0870. The molecule has 4 heteroatoms. The third-order valence-corrected chi connectivity index (χ3v) is 4.34. The Kier molecular flexibility index (Phi) is 4.62. The number of fused-ring (bicyclic) bond motifs is 1. The minimum atomic E-state index is 0.560. The molecule has 0 bridgehead atoms. The third kappa shape index (κ3) is 3.55. The van der Waals surface area contributed by atoms with Crippen LogP contribution in [0.1, 0.15) is 11.5 Å². The van der Waals surface area contributed by atoms with Crippen LogP contribution in [0, 0.1) is 0 Å². The van der Waals surface area contributed by atoms with Crippen molar-refractivity contribution in [2.45, 2.75) is 0 Å². The van der Waals surface area contributed by atoms with Gasteiger partial charge >= 0.3 is 0 Å². The van der Waals surface area contributed by atoms with Crippen molar-refractivity contribution in [3.8, 4) is 22.6 Å². The average molecular weight is 357 g/mol. The number of benzene rings is 3.